The molecular weight excluding hydrogens is 378 g/mol. The number of benzene rings is 2. The molecule has 4 rings (SSSR count). The Morgan fingerprint density at radius 3 is 2.46 bits per heavy atom. The number of aromatic nitrogens is 2. The fourth-order valence-corrected chi connectivity index (χ4v) is 4.72. The maximum atomic E-state index is 12.9. The zero-order chi connectivity index (χ0) is 19.7. The fourth-order valence-electron chi connectivity index (χ4n) is 3.30. The minimum atomic E-state index is -3.66. The topological polar surface area (TPSA) is 110 Å². The molecule has 1 saturated heterocycles. The molecule has 2 heterocycles. The van der Waals surface area contributed by atoms with Gasteiger partial charge in [0.15, 0.2) is 0 Å². The fraction of sp³-hybridized carbons (Fsp3) is 0.211. The van der Waals surface area contributed by atoms with E-state index in [1.807, 2.05) is 12.1 Å². The molecule has 1 amide bonds. The summed E-state index contributed by atoms with van der Waals surface area (Å²) in [6.07, 6.45) is 1.66. The number of aromatic amines is 1. The second-order valence-corrected chi connectivity index (χ2v) is 8.41. The molecule has 1 aliphatic heterocycles. The number of carbonyl (C=O) groups excluding carboxylic acids is 1. The van der Waals surface area contributed by atoms with Crippen LogP contribution in [0.2, 0.25) is 0 Å². The van der Waals surface area contributed by atoms with Gasteiger partial charge in [0.1, 0.15) is 0 Å². The van der Waals surface area contributed by atoms with Crippen molar-refractivity contribution in [2.75, 3.05) is 26.2 Å². The first-order chi connectivity index (χ1) is 13.5. The van der Waals surface area contributed by atoms with Crippen LogP contribution in [-0.2, 0) is 10.0 Å². The Bertz CT molecular complexity index is 1170. The van der Waals surface area contributed by atoms with Crippen LogP contribution in [-0.4, -0.2) is 59.9 Å². The van der Waals surface area contributed by atoms with Gasteiger partial charge in [-0.1, -0.05) is 12.1 Å². The summed E-state index contributed by atoms with van der Waals surface area (Å²) in [6.45, 7) is 1.04. The molecule has 1 N–H and O–H groups in total. The average molecular weight is 395 g/mol. The molecule has 0 atom stereocenters. The van der Waals surface area contributed by atoms with Gasteiger partial charge < -0.3 is 4.90 Å². The van der Waals surface area contributed by atoms with Crippen LogP contribution in [0.25, 0.3) is 10.9 Å². The minimum absolute atomic E-state index is 0.147. The number of hydrogen-bond donors (Lipinski definition) is 1. The third-order valence-corrected chi connectivity index (χ3v) is 6.77. The van der Waals surface area contributed by atoms with Crippen molar-refractivity contribution in [3.8, 4) is 6.07 Å². The molecular formula is C19H17N5O3S. The highest BCUT2D eigenvalue weighted by molar-refractivity contribution is 7.89. The molecule has 0 unspecified atom stereocenters. The van der Waals surface area contributed by atoms with Gasteiger partial charge in [-0.05, 0) is 30.3 Å². The Hall–Kier alpha value is -3.22. The number of rotatable bonds is 3. The lowest BCUT2D eigenvalue weighted by atomic mass is 10.1. The average Bonchev–Trinajstić information content (AvgIpc) is 3.22. The number of hydrogen-bond acceptors (Lipinski definition) is 5. The van der Waals surface area contributed by atoms with Crippen molar-refractivity contribution in [2.45, 2.75) is 4.90 Å². The van der Waals surface area contributed by atoms with Gasteiger partial charge in [0, 0.05) is 31.6 Å². The lowest BCUT2D eigenvalue weighted by molar-refractivity contribution is 0.0699. The first-order valence-corrected chi connectivity index (χ1v) is 10.2. The van der Waals surface area contributed by atoms with Gasteiger partial charge in [-0.15, -0.1) is 0 Å². The molecule has 2 aromatic carbocycles. The van der Waals surface area contributed by atoms with Gasteiger partial charge >= 0.3 is 0 Å². The summed E-state index contributed by atoms with van der Waals surface area (Å²) in [7, 11) is -3.66. The third-order valence-electron chi connectivity index (χ3n) is 4.85. The molecule has 1 aliphatic rings. The van der Waals surface area contributed by atoms with Crippen molar-refractivity contribution < 1.29 is 13.2 Å². The first kappa shape index (κ1) is 18.2. The minimum Gasteiger partial charge on any atom is -0.336 e. The summed E-state index contributed by atoms with van der Waals surface area (Å²) in [5.74, 6) is -0.148. The van der Waals surface area contributed by atoms with Crippen LogP contribution in [0.15, 0.2) is 53.6 Å². The number of para-hydroxylation sites is 1. The molecule has 0 bridgehead atoms. The molecule has 1 fully saturated rings. The molecule has 0 aliphatic carbocycles. The van der Waals surface area contributed by atoms with E-state index in [1.165, 1.54) is 28.6 Å². The van der Waals surface area contributed by atoms with Crippen LogP contribution < -0.4 is 0 Å². The maximum Gasteiger partial charge on any atom is 0.256 e. The SMILES string of the molecule is N#Cc1ccc(S(=O)(=O)N2CCN(C(=O)c3cccc4cn[nH]c34)CC2)cc1. The molecule has 0 saturated carbocycles. The van der Waals surface area contributed by atoms with E-state index in [0.29, 0.717) is 29.7 Å². The summed E-state index contributed by atoms with van der Waals surface area (Å²) in [5, 5.41) is 16.5. The molecule has 0 radical (unpaired) electrons. The number of nitrogens with one attached hydrogen (secondary N) is 1. The molecule has 8 nitrogen and oxygen atoms in total. The molecule has 9 heteroatoms. The molecule has 3 aromatic rings. The van der Waals surface area contributed by atoms with Crippen molar-refractivity contribution in [3.63, 3.8) is 0 Å². The number of carbonyl (C=O) groups is 1. The smallest absolute Gasteiger partial charge is 0.256 e. The summed E-state index contributed by atoms with van der Waals surface area (Å²) in [5.41, 5.74) is 1.61. The zero-order valence-corrected chi connectivity index (χ0v) is 15.7. The third kappa shape index (κ3) is 3.13. The monoisotopic (exact) mass is 395 g/mol. The summed E-state index contributed by atoms with van der Waals surface area (Å²) in [4.78, 5) is 14.7. The summed E-state index contributed by atoms with van der Waals surface area (Å²) < 4.78 is 27.0. The highest BCUT2D eigenvalue weighted by Crippen LogP contribution is 2.21. The van der Waals surface area contributed by atoms with E-state index in [0.717, 1.165) is 5.39 Å². The van der Waals surface area contributed by atoms with Crippen LogP contribution in [0.5, 0.6) is 0 Å². The number of nitriles is 1. The van der Waals surface area contributed by atoms with Gasteiger partial charge in [0.25, 0.3) is 5.91 Å². The number of amides is 1. The van der Waals surface area contributed by atoms with E-state index in [1.54, 1.807) is 23.2 Å². The normalized spacial score (nSPS) is 15.5. The van der Waals surface area contributed by atoms with E-state index in [9.17, 15) is 13.2 Å². The van der Waals surface area contributed by atoms with Crippen LogP contribution in [0.3, 0.4) is 0 Å². The molecule has 142 valence electrons. The maximum absolute atomic E-state index is 12.9. The van der Waals surface area contributed by atoms with Crippen molar-refractivity contribution in [2.24, 2.45) is 0 Å². The second-order valence-electron chi connectivity index (χ2n) is 6.47. The molecule has 0 spiro atoms. The highest BCUT2D eigenvalue weighted by Gasteiger charge is 2.31. The molecule has 1 aromatic heterocycles. The van der Waals surface area contributed by atoms with E-state index in [4.69, 9.17) is 5.26 Å². The quantitative estimate of drug-likeness (QED) is 0.724. The van der Waals surface area contributed by atoms with Crippen molar-refractivity contribution in [1.29, 1.82) is 5.26 Å². The first-order valence-electron chi connectivity index (χ1n) is 8.72. The predicted octanol–water partition coefficient (Wildman–Crippen LogP) is 1.58. The van der Waals surface area contributed by atoms with Gasteiger partial charge in [-0.3, -0.25) is 9.89 Å². The lowest BCUT2D eigenvalue weighted by Gasteiger charge is -2.34. The van der Waals surface area contributed by atoms with Gasteiger partial charge in [-0.25, -0.2) is 8.42 Å². The lowest BCUT2D eigenvalue weighted by Crippen LogP contribution is -2.50. The Kier molecular flexibility index (Phi) is 4.58. The number of H-pyrrole nitrogens is 1. The predicted molar refractivity (Wildman–Crippen MR) is 102 cm³/mol. The Balaban J connectivity index is 1.49. The summed E-state index contributed by atoms with van der Waals surface area (Å²) in [6, 6.07) is 13.2. The van der Waals surface area contributed by atoms with Crippen LogP contribution in [0, 0.1) is 11.3 Å². The number of piperazine rings is 1. The summed E-state index contributed by atoms with van der Waals surface area (Å²) >= 11 is 0. The van der Waals surface area contributed by atoms with Crippen molar-refractivity contribution in [1.82, 2.24) is 19.4 Å². The standard InChI is InChI=1S/C19H17N5O3S/c20-12-14-4-6-16(7-5-14)28(26,27)24-10-8-23(9-11-24)19(25)17-3-1-2-15-13-21-22-18(15)17/h1-7,13H,8-11H2,(H,21,22). The van der Waals surface area contributed by atoms with Crippen molar-refractivity contribution >= 4 is 26.8 Å². The molecule has 28 heavy (non-hydrogen) atoms. The Morgan fingerprint density at radius 1 is 1.07 bits per heavy atom. The largest absolute Gasteiger partial charge is 0.336 e. The van der Waals surface area contributed by atoms with E-state index in [-0.39, 0.29) is 23.9 Å². The van der Waals surface area contributed by atoms with E-state index in [2.05, 4.69) is 10.2 Å². The Labute approximate surface area is 162 Å². The van der Waals surface area contributed by atoms with E-state index >= 15 is 0 Å². The zero-order valence-electron chi connectivity index (χ0n) is 14.9. The van der Waals surface area contributed by atoms with E-state index < -0.39 is 10.0 Å². The number of nitrogens with zero attached hydrogens (tertiary/aromatic N) is 4. The van der Waals surface area contributed by atoms with Crippen LogP contribution in [0.1, 0.15) is 15.9 Å². The second kappa shape index (κ2) is 7.07. The Morgan fingerprint density at radius 2 is 1.79 bits per heavy atom. The van der Waals surface area contributed by atoms with Crippen molar-refractivity contribution in [3.05, 3.63) is 59.8 Å². The van der Waals surface area contributed by atoms with Gasteiger partial charge in [-0.2, -0.15) is 14.7 Å². The van der Waals surface area contributed by atoms with Crippen LogP contribution >= 0.6 is 0 Å². The number of fused-ring (bicyclic) bond motifs is 1. The number of sulfonamides is 1. The van der Waals surface area contributed by atoms with Gasteiger partial charge in [0.2, 0.25) is 10.0 Å². The highest BCUT2D eigenvalue weighted by atomic mass is 32.2. The van der Waals surface area contributed by atoms with Gasteiger partial charge in [0.05, 0.1) is 33.8 Å². The van der Waals surface area contributed by atoms with Crippen LogP contribution in [0.4, 0.5) is 0 Å².